The molecule has 2 aliphatic rings. The van der Waals surface area contributed by atoms with Crippen molar-refractivity contribution in [3.05, 3.63) is 11.8 Å². The van der Waals surface area contributed by atoms with E-state index in [4.69, 9.17) is 11.6 Å². The van der Waals surface area contributed by atoms with E-state index in [-0.39, 0.29) is 17.9 Å². The molecule has 1 N–H and O–H groups in total. The molecule has 5 nitrogen and oxygen atoms in total. The van der Waals surface area contributed by atoms with Gasteiger partial charge in [0.05, 0.1) is 0 Å². The minimum Gasteiger partial charge on any atom is -0.339 e. The van der Waals surface area contributed by atoms with Crippen LogP contribution in [0.5, 0.6) is 0 Å². The Hall–Kier alpha value is -0.490. The summed E-state index contributed by atoms with van der Waals surface area (Å²) < 4.78 is 0. The molecule has 0 aromatic heterocycles. The normalized spacial score (nSPS) is 23.8. The smallest absolute Gasteiger partial charge is 0.217 e. The second-order valence-corrected chi connectivity index (χ2v) is 6.18. The van der Waals surface area contributed by atoms with Crippen molar-refractivity contribution in [1.82, 2.24) is 20.2 Å². The number of guanidine groups is 1. The molecule has 1 fully saturated rings. The van der Waals surface area contributed by atoms with E-state index < -0.39 is 0 Å². The number of nitrogens with one attached hydrogen (secondary N) is 1. The molecule has 2 heterocycles. The first-order valence-corrected chi connectivity index (χ1v) is 7.86. The van der Waals surface area contributed by atoms with Gasteiger partial charge in [-0.15, -0.1) is 12.4 Å². The quantitative estimate of drug-likeness (QED) is 0.632. The summed E-state index contributed by atoms with van der Waals surface area (Å²) in [5.74, 6) is 0.948. The summed E-state index contributed by atoms with van der Waals surface area (Å²) in [6.45, 7) is 10.5. The Morgan fingerprint density at radius 3 is 2.48 bits per heavy atom. The maximum Gasteiger partial charge on any atom is 0.217 e. The lowest BCUT2D eigenvalue weighted by molar-refractivity contribution is 0.171. The fourth-order valence-corrected chi connectivity index (χ4v) is 2.79. The predicted molar refractivity (Wildman–Crippen MR) is 91.9 cm³/mol. The van der Waals surface area contributed by atoms with Crippen molar-refractivity contribution in [2.45, 2.75) is 38.7 Å². The first-order valence-electron chi connectivity index (χ1n) is 7.42. The maximum atomic E-state index is 6.61. The van der Waals surface area contributed by atoms with Crippen molar-refractivity contribution < 1.29 is 0 Å². The lowest BCUT2D eigenvalue weighted by Gasteiger charge is -2.42. The molecule has 0 bridgehead atoms. The van der Waals surface area contributed by atoms with Crippen LogP contribution in [0.1, 0.15) is 27.2 Å². The SMILES string of the molecule is CCC1=CN=C(N2CCN(C)CC2)N(NC(C)C)C1Cl.Cl. The van der Waals surface area contributed by atoms with E-state index in [0.717, 1.165) is 44.1 Å². The van der Waals surface area contributed by atoms with E-state index in [0.29, 0.717) is 6.04 Å². The van der Waals surface area contributed by atoms with Gasteiger partial charge in [-0.3, -0.25) is 5.01 Å². The number of piperazine rings is 1. The van der Waals surface area contributed by atoms with Gasteiger partial charge in [0.2, 0.25) is 5.96 Å². The van der Waals surface area contributed by atoms with Crippen LogP contribution in [0.4, 0.5) is 0 Å². The van der Waals surface area contributed by atoms with Crippen LogP contribution in [0.15, 0.2) is 16.8 Å². The molecule has 0 radical (unpaired) electrons. The lowest BCUT2D eigenvalue weighted by atomic mass is 10.2. The van der Waals surface area contributed by atoms with E-state index in [9.17, 15) is 0 Å². The van der Waals surface area contributed by atoms with Crippen LogP contribution in [0.2, 0.25) is 0 Å². The zero-order chi connectivity index (χ0) is 14.7. The number of alkyl halides is 1. The van der Waals surface area contributed by atoms with Crippen molar-refractivity contribution >= 4 is 30.0 Å². The van der Waals surface area contributed by atoms with Crippen LogP contribution in [-0.4, -0.2) is 65.5 Å². The van der Waals surface area contributed by atoms with Crippen LogP contribution in [0, 0.1) is 0 Å². The Morgan fingerprint density at radius 2 is 1.95 bits per heavy atom. The van der Waals surface area contributed by atoms with Crippen molar-refractivity contribution in [3.8, 4) is 0 Å². The monoisotopic (exact) mass is 335 g/mol. The Bertz CT molecular complexity index is 389. The molecule has 122 valence electrons. The molecular formula is C14H27Cl2N5. The number of likely N-dealkylation sites (N-methyl/N-ethyl adjacent to an activating group) is 1. The van der Waals surface area contributed by atoms with Crippen molar-refractivity contribution in [1.29, 1.82) is 0 Å². The molecule has 7 heteroatoms. The average molecular weight is 336 g/mol. The van der Waals surface area contributed by atoms with E-state index in [1.54, 1.807) is 0 Å². The van der Waals surface area contributed by atoms with Crippen LogP contribution < -0.4 is 5.43 Å². The van der Waals surface area contributed by atoms with E-state index in [1.165, 1.54) is 0 Å². The van der Waals surface area contributed by atoms with Gasteiger partial charge in [0.1, 0.15) is 5.50 Å². The first kappa shape index (κ1) is 18.6. The van der Waals surface area contributed by atoms with Crippen LogP contribution in [0.25, 0.3) is 0 Å². The number of aliphatic imine (C=N–C) groups is 1. The van der Waals surface area contributed by atoms with E-state index in [2.05, 4.69) is 48.0 Å². The second-order valence-electron chi connectivity index (χ2n) is 5.77. The minimum atomic E-state index is -0.158. The maximum absolute atomic E-state index is 6.61. The highest BCUT2D eigenvalue weighted by molar-refractivity contribution is 6.23. The lowest BCUT2D eigenvalue weighted by Crippen LogP contribution is -2.60. The van der Waals surface area contributed by atoms with Gasteiger partial charge in [-0.05, 0) is 32.9 Å². The molecule has 1 unspecified atom stereocenters. The van der Waals surface area contributed by atoms with E-state index >= 15 is 0 Å². The third kappa shape index (κ3) is 4.49. The van der Waals surface area contributed by atoms with Gasteiger partial charge in [0.15, 0.2) is 0 Å². The molecule has 1 atom stereocenters. The Balaban J connectivity index is 0.00000220. The number of hydrazine groups is 1. The molecule has 0 spiro atoms. The summed E-state index contributed by atoms with van der Waals surface area (Å²) in [5, 5.41) is 2.02. The minimum absolute atomic E-state index is 0. The summed E-state index contributed by atoms with van der Waals surface area (Å²) in [6.07, 6.45) is 2.85. The average Bonchev–Trinajstić information content (AvgIpc) is 2.42. The van der Waals surface area contributed by atoms with Gasteiger partial charge in [-0.25, -0.2) is 10.4 Å². The highest BCUT2D eigenvalue weighted by Crippen LogP contribution is 2.23. The molecule has 0 aliphatic carbocycles. The van der Waals surface area contributed by atoms with Crippen molar-refractivity contribution in [2.24, 2.45) is 4.99 Å². The van der Waals surface area contributed by atoms with E-state index in [1.807, 2.05) is 11.2 Å². The molecule has 2 rings (SSSR count). The molecule has 21 heavy (non-hydrogen) atoms. The number of hydrogen-bond acceptors (Lipinski definition) is 5. The number of halogens is 2. The molecule has 2 aliphatic heterocycles. The van der Waals surface area contributed by atoms with Gasteiger partial charge in [-0.2, -0.15) is 0 Å². The number of nitrogens with zero attached hydrogens (tertiary/aromatic N) is 4. The number of rotatable bonds is 3. The van der Waals surface area contributed by atoms with Crippen LogP contribution in [-0.2, 0) is 0 Å². The molecule has 0 saturated carbocycles. The van der Waals surface area contributed by atoms with Crippen LogP contribution >= 0.6 is 24.0 Å². The van der Waals surface area contributed by atoms with Crippen molar-refractivity contribution in [3.63, 3.8) is 0 Å². The van der Waals surface area contributed by atoms with Gasteiger partial charge < -0.3 is 9.80 Å². The van der Waals surface area contributed by atoms with Gasteiger partial charge >= 0.3 is 0 Å². The second kappa shape index (κ2) is 8.22. The predicted octanol–water partition coefficient (Wildman–Crippen LogP) is 2.10. The highest BCUT2D eigenvalue weighted by atomic mass is 35.5. The Kier molecular flexibility index (Phi) is 7.27. The van der Waals surface area contributed by atoms with Gasteiger partial charge in [0.25, 0.3) is 0 Å². The molecule has 0 aromatic rings. The fourth-order valence-electron chi connectivity index (χ4n) is 2.43. The molecule has 0 aromatic carbocycles. The largest absolute Gasteiger partial charge is 0.339 e. The van der Waals surface area contributed by atoms with Gasteiger partial charge in [0, 0.05) is 38.4 Å². The van der Waals surface area contributed by atoms with Gasteiger partial charge in [-0.1, -0.05) is 18.5 Å². The molecule has 1 saturated heterocycles. The third-order valence-electron chi connectivity index (χ3n) is 3.69. The Morgan fingerprint density at radius 1 is 1.33 bits per heavy atom. The first-order chi connectivity index (χ1) is 9.52. The Labute approximate surface area is 139 Å². The van der Waals surface area contributed by atoms with Crippen LogP contribution in [0.3, 0.4) is 0 Å². The summed E-state index contributed by atoms with van der Waals surface area (Å²) in [7, 11) is 2.16. The molecular weight excluding hydrogens is 309 g/mol. The topological polar surface area (TPSA) is 34.1 Å². The standard InChI is InChI=1S/C14H26ClN5.ClH/c1-5-12-10-16-14(19-8-6-18(4)7-9-19)20(13(12)15)17-11(2)3;/h10-11,13,17H,5-9H2,1-4H3;1H. The summed E-state index contributed by atoms with van der Waals surface area (Å²) in [4.78, 5) is 9.31. The number of hydrogen-bond donors (Lipinski definition) is 1. The zero-order valence-electron chi connectivity index (χ0n) is 13.3. The highest BCUT2D eigenvalue weighted by Gasteiger charge is 2.31. The third-order valence-corrected chi connectivity index (χ3v) is 4.16. The summed E-state index contributed by atoms with van der Waals surface area (Å²) in [6, 6.07) is 0.324. The van der Waals surface area contributed by atoms with Crippen molar-refractivity contribution in [2.75, 3.05) is 33.2 Å². The fraction of sp³-hybridized carbons (Fsp3) is 0.786. The zero-order valence-corrected chi connectivity index (χ0v) is 14.9. The molecule has 0 amide bonds. The summed E-state index contributed by atoms with van der Waals surface area (Å²) in [5.41, 5.74) is 4.42. The summed E-state index contributed by atoms with van der Waals surface area (Å²) >= 11 is 6.61.